The minimum Gasteiger partial charge on any atom is -0.481 e. The molecular formula is C10H12N2O3. The van der Waals surface area contributed by atoms with E-state index in [4.69, 9.17) is 15.6 Å². The van der Waals surface area contributed by atoms with Crippen LogP contribution < -0.4 is 10.5 Å². The summed E-state index contributed by atoms with van der Waals surface area (Å²) in [5, 5.41) is 8.42. The third-order valence-corrected chi connectivity index (χ3v) is 1.70. The molecule has 0 atom stereocenters. The number of carboxylic acids is 1. The summed E-state index contributed by atoms with van der Waals surface area (Å²) in [5.74, 6) is -0.508. The van der Waals surface area contributed by atoms with Crippen molar-refractivity contribution >= 4 is 17.7 Å². The van der Waals surface area contributed by atoms with Crippen LogP contribution in [0.5, 0.6) is 5.88 Å². The van der Waals surface area contributed by atoms with Crippen LogP contribution in [-0.4, -0.2) is 23.2 Å². The normalized spacial score (nSPS) is 10.5. The van der Waals surface area contributed by atoms with E-state index in [9.17, 15) is 4.79 Å². The quantitative estimate of drug-likeness (QED) is 0.775. The van der Waals surface area contributed by atoms with Gasteiger partial charge < -0.3 is 15.6 Å². The fourth-order valence-corrected chi connectivity index (χ4v) is 1.04. The van der Waals surface area contributed by atoms with Crippen molar-refractivity contribution in [3.8, 4) is 5.88 Å². The summed E-state index contributed by atoms with van der Waals surface area (Å²) in [6, 6.07) is 1.67. The van der Waals surface area contributed by atoms with Gasteiger partial charge in [0.25, 0.3) is 0 Å². The molecule has 15 heavy (non-hydrogen) atoms. The van der Waals surface area contributed by atoms with Crippen LogP contribution in [0.1, 0.15) is 12.0 Å². The van der Waals surface area contributed by atoms with Gasteiger partial charge in [0.2, 0.25) is 5.88 Å². The van der Waals surface area contributed by atoms with Crippen LogP contribution in [0.2, 0.25) is 0 Å². The number of nitrogen functional groups attached to an aromatic ring is 1. The Labute approximate surface area is 87.2 Å². The Bertz CT molecular complexity index is 388. The molecule has 0 aliphatic carbocycles. The highest BCUT2D eigenvalue weighted by Gasteiger charge is 1.99. The first kappa shape index (κ1) is 11.0. The third kappa shape index (κ3) is 3.30. The fourth-order valence-electron chi connectivity index (χ4n) is 1.04. The second-order valence-electron chi connectivity index (χ2n) is 2.87. The van der Waals surface area contributed by atoms with Crippen molar-refractivity contribution in [3.63, 3.8) is 0 Å². The lowest BCUT2D eigenvalue weighted by atomic mass is 10.2. The van der Waals surface area contributed by atoms with Gasteiger partial charge in [-0.1, -0.05) is 12.2 Å². The molecule has 1 aromatic rings. The predicted molar refractivity (Wildman–Crippen MR) is 56.5 cm³/mol. The predicted octanol–water partition coefficient (Wildman–Crippen LogP) is 1.16. The zero-order valence-corrected chi connectivity index (χ0v) is 8.30. The molecule has 80 valence electrons. The maximum absolute atomic E-state index is 10.2. The highest BCUT2D eigenvalue weighted by Crippen LogP contribution is 2.18. The maximum atomic E-state index is 10.2. The van der Waals surface area contributed by atoms with Crippen molar-refractivity contribution < 1.29 is 14.6 Å². The van der Waals surface area contributed by atoms with E-state index in [2.05, 4.69) is 4.98 Å². The second kappa shape index (κ2) is 4.99. The molecule has 5 nitrogen and oxygen atoms in total. The van der Waals surface area contributed by atoms with Crippen LogP contribution in [0.25, 0.3) is 6.08 Å². The molecule has 0 saturated heterocycles. The molecule has 0 bridgehead atoms. The minimum atomic E-state index is -0.874. The summed E-state index contributed by atoms with van der Waals surface area (Å²) >= 11 is 0. The van der Waals surface area contributed by atoms with Gasteiger partial charge in [0.1, 0.15) is 0 Å². The highest BCUT2D eigenvalue weighted by atomic mass is 16.5. The van der Waals surface area contributed by atoms with E-state index in [1.165, 1.54) is 13.2 Å². The van der Waals surface area contributed by atoms with Gasteiger partial charge in [-0.05, 0) is 11.6 Å². The van der Waals surface area contributed by atoms with E-state index in [-0.39, 0.29) is 6.42 Å². The molecule has 1 aromatic heterocycles. The number of ether oxygens (including phenoxy) is 1. The molecule has 3 N–H and O–H groups in total. The number of aromatic nitrogens is 1. The lowest BCUT2D eigenvalue weighted by Crippen LogP contribution is -1.95. The lowest BCUT2D eigenvalue weighted by Gasteiger charge is -2.02. The molecule has 0 radical (unpaired) electrons. The molecular weight excluding hydrogens is 196 g/mol. The van der Waals surface area contributed by atoms with Crippen LogP contribution in [0.4, 0.5) is 5.69 Å². The number of carbonyl (C=O) groups is 1. The molecule has 0 aromatic carbocycles. The van der Waals surface area contributed by atoms with Crippen LogP contribution in [0, 0.1) is 0 Å². The molecule has 0 aliphatic heterocycles. The van der Waals surface area contributed by atoms with E-state index in [0.29, 0.717) is 11.6 Å². The van der Waals surface area contributed by atoms with Gasteiger partial charge in [-0.2, -0.15) is 0 Å². The second-order valence-corrected chi connectivity index (χ2v) is 2.87. The highest BCUT2D eigenvalue weighted by molar-refractivity contribution is 5.70. The van der Waals surface area contributed by atoms with Crippen LogP contribution >= 0.6 is 0 Å². The van der Waals surface area contributed by atoms with Crippen molar-refractivity contribution in [1.82, 2.24) is 4.98 Å². The number of hydrogen-bond acceptors (Lipinski definition) is 4. The molecule has 1 heterocycles. The Morgan fingerprint density at radius 1 is 1.73 bits per heavy atom. The van der Waals surface area contributed by atoms with Crippen LogP contribution in [0.15, 0.2) is 18.3 Å². The third-order valence-electron chi connectivity index (χ3n) is 1.70. The first-order valence-electron chi connectivity index (χ1n) is 4.31. The van der Waals surface area contributed by atoms with E-state index < -0.39 is 5.97 Å². The number of aliphatic carboxylic acids is 1. The van der Waals surface area contributed by atoms with Crippen molar-refractivity contribution in [2.24, 2.45) is 0 Å². The van der Waals surface area contributed by atoms with Gasteiger partial charge in [0, 0.05) is 6.20 Å². The Morgan fingerprint density at radius 3 is 3.00 bits per heavy atom. The standard InChI is InChI=1S/C10H12N2O3/c1-15-10-8(11)5-7(6-12-10)3-2-4-9(13)14/h2-3,5-6H,4,11H2,1H3,(H,13,14). The summed E-state index contributed by atoms with van der Waals surface area (Å²) in [6.07, 6.45) is 4.72. The number of nitrogens with zero attached hydrogens (tertiary/aromatic N) is 1. The SMILES string of the molecule is COc1ncc(C=CCC(=O)O)cc1N. The van der Waals surface area contributed by atoms with Gasteiger partial charge in [0.15, 0.2) is 0 Å². The molecule has 1 rings (SSSR count). The molecule has 0 fully saturated rings. The van der Waals surface area contributed by atoms with Crippen molar-refractivity contribution in [2.45, 2.75) is 6.42 Å². The van der Waals surface area contributed by atoms with E-state index in [1.54, 1.807) is 18.3 Å². The zero-order valence-electron chi connectivity index (χ0n) is 8.30. The molecule has 5 heteroatoms. The average molecular weight is 208 g/mol. The number of hydrogen-bond donors (Lipinski definition) is 2. The van der Waals surface area contributed by atoms with Gasteiger partial charge in [-0.3, -0.25) is 4.79 Å². The number of pyridine rings is 1. The first-order chi connectivity index (χ1) is 7.13. The van der Waals surface area contributed by atoms with Crippen molar-refractivity contribution in [2.75, 3.05) is 12.8 Å². The van der Waals surface area contributed by atoms with Gasteiger partial charge in [0.05, 0.1) is 19.2 Å². The van der Waals surface area contributed by atoms with Gasteiger partial charge >= 0.3 is 5.97 Å². The summed E-state index contributed by atoms with van der Waals surface area (Å²) in [6.45, 7) is 0. The molecule has 0 amide bonds. The maximum Gasteiger partial charge on any atom is 0.307 e. The first-order valence-corrected chi connectivity index (χ1v) is 4.31. The Balaban J connectivity index is 2.75. The Kier molecular flexibility index (Phi) is 3.68. The number of nitrogens with two attached hydrogens (primary N) is 1. The summed E-state index contributed by atoms with van der Waals surface area (Å²) in [7, 11) is 1.48. The lowest BCUT2D eigenvalue weighted by molar-refractivity contribution is -0.135. The van der Waals surface area contributed by atoms with Crippen LogP contribution in [-0.2, 0) is 4.79 Å². The number of carboxylic acid groups (broad SMARTS) is 1. The van der Waals surface area contributed by atoms with E-state index in [1.807, 2.05) is 0 Å². The Hall–Kier alpha value is -2.04. The fraction of sp³-hybridized carbons (Fsp3) is 0.200. The van der Waals surface area contributed by atoms with Gasteiger partial charge in [-0.15, -0.1) is 0 Å². The Morgan fingerprint density at radius 2 is 2.47 bits per heavy atom. The van der Waals surface area contributed by atoms with E-state index in [0.717, 1.165) is 5.56 Å². The minimum absolute atomic E-state index is 0.0219. The molecule has 0 spiro atoms. The van der Waals surface area contributed by atoms with E-state index >= 15 is 0 Å². The summed E-state index contributed by atoms with van der Waals surface area (Å²) in [5.41, 5.74) is 6.80. The summed E-state index contributed by atoms with van der Waals surface area (Å²) in [4.78, 5) is 14.2. The number of methoxy groups -OCH3 is 1. The number of anilines is 1. The zero-order chi connectivity index (χ0) is 11.3. The van der Waals surface area contributed by atoms with Crippen LogP contribution in [0.3, 0.4) is 0 Å². The van der Waals surface area contributed by atoms with Gasteiger partial charge in [-0.25, -0.2) is 4.98 Å². The molecule has 0 unspecified atom stereocenters. The van der Waals surface area contributed by atoms with Crippen molar-refractivity contribution in [3.05, 3.63) is 23.9 Å². The monoisotopic (exact) mass is 208 g/mol. The average Bonchev–Trinajstić information content (AvgIpc) is 2.17. The van der Waals surface area contributed by atoms with Crippen molar-refractivity contribution in [1.29, 1.82) is 0 Å². The molecule has 0 saturated carbocycles. The summed E-state index contributed by atoms with van der Waals surface area (Å²) < 4.78 is 4.89. The molecule has 0 aliphatic rings. The number of rotatable bonds is 4. The smallest absolute Gasteiger partial charge is 0.307 e. The largest absolute Gasteiger partial charge is 0.481 e. The topological polar surface area (TPSA) is 85.4 Å².